The van der Waals surface area contributed by atoms with E-state index in [0.29, 0.717) is 6.54 Å². The van der Waals surface area contributed by atoms with Crippen LogP contribution in [0.5, 0.6) is 0 Å². The van der Waals surface area contributed by atoms with Crippen molar-refractivity contribution in [1.29, 1.82) is 0 Å². The van der Waals surface area contributed by atoms with Crippen LogP contribution < -0.4 is 10.6 Å². The molecule has 1 heterocycles. The normalized spacial score (nSPS) is 10.7. The second kappa shape index (κ2) is 7.08. The van der Waals surface area contributed by atoms with Crippen molar-refractivity contribution in [1.82, 2.24) is 0 Å². The van der Waals surface area contributed by atoms with Gasteiger partial charge in [-0.1, -0.05) is 28.1 Å². The maximum Gasteiger partial charge on any atom is 0.0522 e. The lowest BCUT2D eigenvalue weighted by Crippen LogP contribution is -2.23. The minimum Gasteiger partial charge on any atom is -0.366 e. The van der Waals surface area contributed by atoms with Crippen LogP contribution >= 0.6 is 27.3 Å². The second-order valence-electron chi connectivity index (χ2n) is 4.41. The Labute approximate surface area is 127 Å². The first-order valence-electron chi connectivity index (χ1n) is 6.50. The van der Waals surface area contributed by atoms with Crippen LogP contribution in [-0.4, -0.2) is 13.1 Å². The molecule has 2 N–H and O–H groups in total. The highest BCUT2D eigenvalue weighted by Crippen LogP contribution is 2.27. The van der Waals surface area contributed by atoms with Gasteiger partial charge in [0, 0.05) is 21.6 Å². The van der Waals surface area contributed by atoms with E-state index in [0.717, 1.165) is 24.0 Å². The number of nitrogens with zero attached hydrogens (tertiary/aromatic N) is 1. The number of anilines is 1. The highest BCUT2D eigenvalue weighted by molar-refractivity contribution is 9.10. The van der Waals surface area contributed by atoms with Crippen LogP contribution in [0.15, 0.2) is 40.2 Å². The van der Waals surface area contributed by atoms with Gasteiger partial charge in [0.15, 0.2) is 0 Å². The summed E-state index contributed by atoms with van der Waals surface area (Å²) in [5.74, 6) is 0. The zero-order valence-electron chi connectivity index (χ0n) is 11.1. The predicted molar refractivity (Wildman–Crippen MR) is 87.9 cm³/mol. The van der Waals surface area contributed by atoms with Gasteiger partial charge in [-0.05, 0) is 49.0 Å². The molecule has 4 heteroatoms. The van der Waals surface area contributed by atoms with Crippen molar-refractivity contribution in [2.24, 2.45) is 5.73 Å². The van der Waals surface area contributed by atoms with Crippen molar-refractivity contribution in [3.8, 4) is 0 Å². The Morgan fingerprint density at radius 1 is 1.32 bits per heavy atom. The molecule has 0 unspecified atom stereocenters. The third-order valence-corrected chi connectivity index (χ3v) is 4.46. The van der Waals surface area contributed by atoms with Crippen molar-refractivity contribution in [3.63, 3.8) is 0 Å². The third kappa shape index (κ3) is 3.81. The van der Waals surface area contributed by atoms with E-state index in [1.165, 1.54) is 16.1 Å². The smallest absolute Gasteiger partial charge is 0.0522 e. The minimum atomic E-state index is 0.686. The zero-order chi connectivity index (χ0) is 13.7. The minimum absolute atomic E-state index is 0.686. The monoisotopic (exact) mass is 338 g/mol. The van der Waals surface area contributed by atoms with Gasteiger partial charge in [0.05, 0.1) is 6.54 Å². The summed E-state index contributed by atoms with van der Waals surface area (Å²) in [4.78, 5) is 3.79. The Bertz CT molecular complexity index is 511. The van der Waals surface area contributed by atoms with Gasteiger partial charge in [0.1, 0.15) is 0 Å². The van der Waals surface area contributed by atoms with E-state index < -0.39 is 0 Å². The van der Waals surface area contributed by atoms with Crippen molar-refractivity contribution >= 4 is 33.0 Å². The molecule has 2 aromatic rings. The Balaban J connectivity index is 2.28. The van der Waals surface area contributed by atoms with Crippen LogP contribution in [0.25, 0.3) is 0 Å². The molecule has 2 nitrogen and oxygen atoms in total. The van der Waals surface area contributed by atoms with Gasteiger partial charge >= 0.3 is 0 Å². The number of thiophene rings is 1. The molecule has 2 rings (SSSR count). The van der Waals surface area contributed by atoms with Crippen LogP contribution in [-0.2, 0) is 13.0 Å². The number of nitrogens with two attached hydrogens (primary N) is 1. The Kier molecular flexibility index (Phi) is 5.43. The molecule has 0 radical (unpaired) electrons. The maximum absolute atomic E-state index is 5.72. The third-order valence-electron chi connectivity index (χ3n) is 3.11. The van der Waals surface area contributed by atoms with Gasteiger partial charge in [-0.25, -0.2) is 0 Å². The molecule has 0 saturated heterocycles. The number of benzene rings is 1. The lowest BCUT2D eigenvalue weighted by molar-refractivity contribution is 0.827. The van der Waals surface area contributed by atoms with E-state index in [2.05, 4.69) is 63.5 Å². The molecule has 0 aliphatic heterocycles. The van der Waals surface area contributed by atoms with Crippen LogP contribution in [0.1, 0.15) is 17.4 Å². The fourth-order valence-corrected chi connectivity index (χ4v) is 3.22. The zero-order valence-corrected chi connectivity index (χ0v) is 13.5. The largest absolute Gasteiger partial charge is 0.366 e. The molecule has 0 fully saturated rings. The molecule has 1 aromatic carbocycles. The summed E-state index contributed by atoms with van der Waals surface area (Å²) in [7, 11) is 0. The summed E-state index contributed by atoms with van der Waals surface area (Å²) >= 11 is 5.37. The molecule has 0 aliphatic carbocycles. The van der Waals surface area contributed by atoms with Crippen LogP contribution in [0.3, 0.4) is 0 Å². The van der Waals surface area contributed by atoms with Gasteiger partial charge in [-0.2, -0.15) is 0 Å². The molecule has 102 valence electrons. The van der Waals surface area contributed by atoms with Gasteiger partial charge in [-0.15, -0.1) is 11.3 Å². The quantitative estimate of drug-likeness (QED) is 0.861. The average Bonchev–Trinajstić information content (AvgIpc) is 2.91. The Morgan fingerprint density at radius 2 is 2.16 bits per heavy atom. The molecule has 0 aliphatic rings. The molecular formula is C15H19BrN2S. The molecule has 1 aromatic heterocycles. The summed E-state index contributed by atoms with van der Waals surface area (Å²) in [6.45, 7) is 4.83. The summed E-state index contributed by atoms with van der Waals surface area (Å²) in [6.07, 6.45) is 0.920. The number of hydrogen-bond donors (Lipinski definition) is 1. The molecule has 0 atom stereocenters. The van der Waals surface area contributed by atoms with Gasteiger partial charge < -0.3 is 10.6 Å². The molecule has 0 bridgehead atoms. The predicted octanol–water partition coefficient (Wildman–Crippen LogP) is 4.04. The average molecular weight is 339 g/mol. The van der Waals surface area contributed by atoms with Gasteiger partial charge in [0.25, 0.3) is 0 Å². The van der Waals surface area contributed by atoms with Crippen molar-refractivity contribution in [2.45, 2.75) is 19.9 Å². The van der Waals surface area contributed by atoms with E-state index in [9.17, 15) is 0 Å². The molecule has 0 amide bonds. The summed E-state index contributed by atoms with van der Waals surface area (Å²) < 4.78 is 1.12. The number of rotatable bonds is 6. The van der Waals surface area contributed by atoms with E-state index >= 15 is 0 Å². The van der Waals surface area contributed by atoms with Crippen molar-refractivity contribution in [3.05, 3.63) is 50.6 Å². The molecule has 0 spiro atoms. The fourth-order valence-electron chi connectivity index (χ4n) is 2.16. The Morgan fingerprint density at radius 3 is 2.79 bits per heavy atom. The van der Waals surface area contributed by atoms with E-state index in [-0.39, 0.29) is 0 Å². The molecular weight excluding hydrogens is 320 g/mol. The summed E-state index contributed by atoms with van der Waals surface area (Å²) in [5.41, 5.74) is 8.33. The fraction of sp³-hybridized carbons (Fsp3) is 0.333. The van der Waals surface area contributed by atoms with Gasteiger partial charge in [0.2, 0.25) is 0 Å². The van der Waals surface area contributed by atoms with Crippen LogP contribution in [0, 0.1) is 0 Å². The topological polar surface area (TPSA) is 29.3 Å². The molecule has 0 saturated carbocycles. The van der Waals surface area contributed by atoms with E-state index in [1.807, 2.05) is 0 Å². The SMILES string of the molecule is CCN(Cc1cccs1)c1cc(Br)ccc1CCN. The van der Waals surface area contributed by atoms with Crippen molar-refractivity contribution in [2.75, 3.05) is 18.0 Å². The first-order chi connectivity index (χ1) is 9.24. The van der Waals surface area contributed by atoms with Crippen LogP contribution in [0.2, 0.25) is 0 Å². The summed E-state index contributed by atoms with van der Waals surface area (Å²) in [5, 5.41) is 2.13. The van der Waals surface area contributed by atoms with Crippen LogP contribution in [0.4, 0.5) is 5.69 Å². The lowest BCUT2D eigenvalue weighted by Gasteiger charge is -2.25. The first kappa shape index (κ1) is 14.6. The second-order valence-corrected chi connectivity index (χ2v) is 6.35. The number of halogens is 1. The highest BCUT2D eigenvalue weighted by Gasteiger charge is 2.11. The van der Waals surface area contributed by atoms with E-state index in [1.54, 1.807) is 11.3 Å². The lowest BCUT2D eigenvalue weighted by atomic mass is 10.1. The standard InChI is InChI=1S/C15H19BrN2S/c1-2-18(11-14-4-3-9-19-14)15-10-13(16)6-5-12(15)7-8-17/h3-6,9-10H,2,7-8,11,17H2,1H3. The highest BCUT2D eigenvalue weighted by atomic mass is 79.9. The van der Waals surface area contributed by atoms with Crippen molar-refractivity contribution < 1.29 is 0 Å². The van der Waals surface area contributed by atoms with E-state index in [4.69, 9.17) is 5.73 Å². The number of hydrogen-bond acceptors (Lipinski definition) is 3. The first-order valence-corrected chi connectivity index (χ1v) is 8.17. The maximum atomic E-state index is 5.72. The summed E-state index contributed by atoms with van der Waals surface area (Å²) in [6, 6.07) is 10.8. The van der Waals surface area contributed by atoms with Gasteiger partial charge in [-0.3, -0.25) is 0 Å². The Hall–Kier alpha value is -0.840. The molecule has 19 heavy (non-hydrogen) atoms.